The van der Waals surface area contributed by atoms with Gasteiger partial charge in [-0.15, -0.1) is 57.7 Å². The largest absolute Gasteiger partial charge is 0.493 e. The molecule has 11 rings (SSSR count). The summed E-state index contributed by atoms with van der Waals surface area (Å²) in [5, 5.41) is 0. The average Bonchev–Trinajstić information content (AvgIpc) is 3.73. The van der Waals surface area contributed by atoms with Crippen molar-refractivity contribution in [1.29, 1.82) is 0 Å². The third-order valence-electron chi connectivity index (χ3n) is 11.1. The number of anilines is 7. The normalized spacial score (nSPS) is 14.9. The monoisotopic (exact) mass is 1030 g/mol. The smallest absolute Gasteiger partial charge is 0.144 e. The summed E-state index contributed by atoms with van der Waals surface area (Å²) in [6.07, 6.45) is 3.64. The van der Waals surface area contributed by atoms with Gasteiger partial charge in [-0.2, -0.15) is 24.3 Å². The van der Waals surface area contributed by atoms with Crippen molar-refractivity contribution in [1.82, 2.24) is 9.97 Å². The van der Waals surface area contributed by atoms with Gasteiger partial charge in [-0.05, 0) is 64.1 Å². The van der Waals surface area contributed by atoms with E-state index in [-0.39, 0.29) is 54.4 Å². The van der Waals surface area contributed by atoms with Gasteiger partial charge in [0.25, 0.3) is 0 Å². The van der Waals surface area contributed by atoms with E-state index in [0.29, 0.717) is 22.9 Å². The van der Waals surface area contributed by atoms with Gasteiger partial charge in [-0.25, -0.2) is 9.97 Å². The van der Waals surface area contributed by atoms with Crippen molar-refractivity contribution in [3.8, 4) is 44.5 Å². The molecule has 0 fully saturated rings. The Morgan fingerprint density at radius 2 is 1.17 bits per heavy atom. The molecular formula is C57H42N5PtS-3. The zero-order valence-electron chi connectivity index (χ0n) is 44.7. The van der Waals surface area contributed by atoms with Crippen LogP contribution in [0.4, 0.5) is 40.1 Å². The van der Waals surface area contributed by atoms with Crippen LogP contribution in [0.5, 0.6) is 0 Å². The van der Waals surface area contributed by atoms with Crippen LogP contribution in [0.15, 0.2) is 204 Å². The van der Waals surface area contributed by atoms with Crippen molar-refractivity contribution in [2.45, 2.75) is 36.0 Å². The van der Waals surface area contributed by atoms with Crippen molar-refractivity contribution in [3.63, 3.8) is 0 Å². The number of pyridine rings is 2. The van der Waals surface area contributed by atoms with E-state index < -0.39 is 60.4 Å². The first-order chi connectivity index (χ1) is 35.0. The Morgan fingerprint density at radius 3 is 1.88 bits per heavy atom. The predicted molar refractivity (Wildman–Crippen MR) is 260 cm³/mol. The summed E-state index contributed by atoms with van der Waals surface area (Å²) in [5.41, 5.74) is 8.13. The molecule has 5 nitrogen and oxygen atoms in total. The van der Waals surface area contributed by atoms with Crippen molar-refractivity contribution in [3.05, 3.63) is 219 Å². The second kappa shape index (κ2) is 17.1. The van der Waals surface area contributed by atoms with Crippen LogP contribution in [0, 0.1) is 18.8 Å². The summed E-state index contributed by atoms with van der Waals surface area (Å²) >= 11 is 1.48. The van der Waals surface area contributed by atoms with Gasteiger partial charge in [0.2, 0.25) is 0 Å². The number of hydrogen-bond donors (Lipinski definition) is 0. The molecule has 314 valence electrons. The number of fused-ring (bicyclic) bond motifs is 6. The molecule has 2 aromatic heterocycles. The molecule has 64 heavy (non-hydrogen) atoms. The van der Waals surface area contributed by atoms with E-state index in [9.17, 15) is 0 Å². The summed E-state index contributed by atoms with van der Waals surface area (Å²) < 4.78 is 87.3. The number of aromatic nitrogens is 2. The molecule has 0 spiro atoms. The van der Waals surface area contributed by atoms with Crippen molar-refractivity contribution >= 4 is 51.8 Å². The van der Waals surface area contributed by atoms with Gasteiger partial charge in [0.1, 0.15) is 11.6 Å². The molecule has 4 heterocycles. The van der Waals surface area contributed by atoms with E-state index in [4.69, 9.17) is 23.7 Å². The first-order valence-corrected chi connectivity index (χ1v) is 21.2. The Labute approximate surface area is 408 Å². The first kappa shape index (κ1) is 31.2. The first-order valence-electron chi connectivity index (χ1n) is 25.4. The Balaban J connectivity index is 0.00000626. The molecule has 9 aromatic rings. The van der Waals surface area contributed by atoms with Gasteiger partial charge in [-0.1, -0.05) is 147 Å². The third-order valence-corrected chi connectivity index (χ3v) is 12.1. The van der Waals surface area contributed by atoms with E-state index in [1.165, 1.54) is 11.8 Å². The number of rotatable bonds is 7. The summed E-state index contributed by atoms with van der Waals surface area (Å²) in [5.74, 6) is 1.44. The van der Waals surface area contributed by atoms with Crippen LogP contribution in [0.25, 0.3) is 44.5 Å². The van der Waals surface area contributed by atoms with Gasteiger partial charge in [-0.3, -0.25) is 0 Å². The molecule has 0 bridgehead atoms. The summed E-state index contributed by atoms with van der Waals surface area (Å²) in [6.45, 7) is 8.32. The van der Waals surface area contributed by atoms with E-state index in [1.54, 1.807) is 36.0 Å². The van der Waals surface area contributed by atoms with Crippen LogP contribution in [0.2, 0.25) is 0 Å². The van der Waals surface area contributed by atoms with Crippen LogP contribution >= 0.6 is 11.8 Å². The number of para-hydroxylation sites is 3. The minimum Gasteiger partial charge on any atom is -0.493 e. The molecule has 0 N–H and O–H groups in total. The minimum absolute atomic E-state index is 0. The van der Waals surface area contributed by atoms with E-state index in [0.717, 1.165) is 49.1 Å². The van der Waals surface area contributed by atoms with E-state index >= 15 is 0 Å². The molecular weight excluding hydrogens is 982 g/mol. The maximum absolute atomic E-state index is 9.05. The number of nitrogens with zero attached hydrogens (tertiary/aromatic N) is 5. The topological polar surface area (TPSA) is 35.5 Å². The van der Waals surface area contributed by atoms with E-state index in [1.807, 2.05) is 77.8 Å². The summed E-state index contributed by atoms with van der Waals surface area (Å²) in [6, 6.07) is 41.1. The van der Waals surface area contributed by atoms with Crippen molar-refractivity contribution in [2.24, 2.45) is 0 Å². The van der Waals surface area contributed by atoms with Crippen LogP contribution in [0.1, 0.15) is 40.0 Å². The SMILES string of the molecule is [2H]c1c([2H])c([2H])c(-c2cccc(-c3c([2H])c([2H])c([2H])c([2H])c3[2H])c2N2[CH-]N(c3[c-]c(Sc4[c-]c5c(cc4)-c4ccccc4-c4cccnc4N5c4cc(C(C)(C)C)ccn4)ccc3)c3ccccc32)c([2H])c1[2H].[Pt]. The Morgan fingerprint density at radius 1 is 0.562 bits per heavy atom. The quantitative estimate of drug-likeness (QED) is 0.148. The van der Waals surface area contributed by atoms with Crippen LogP contribution in [-0.4, -0.2) is 9.97 Å². The third kappa shape index (κ3) is 7.51. The molecule has 0 radical (unpaired) electrons. The molecule has 0 aliphatic carbocycles. The molecule has 7 aromatic carbocycles. The summed E-state index contributed by atoms with van der Waals surface area (Å²) in [4.78, 5) is 17.3. The summed E-state index contributed by atoms with van der Waals surface area (Å²) in [7, 11) is 0. The van der Waals surface area contributed by atoms with Gasteiger partial charge in [0, 0.05) is 67.2 Å². The van der Waals surface area contributed by atoms with Gasteiger partial charge in [0.15, 0.2) is 0 Å². The fourth-order valence-electron chi connectivity index (χ4n) is 8.20. The molecule has 0 unspecified atom stereocenters. The van der Waals surface area contributed by atoms with Crippen LogP contribution in [-0.2, 0) is 26.5 Å². The number of hydrogen-bond acceptors (Lipinski definition) is 6. The molecule has 2 aliphatic heterocycles. The second-order valence-electron chi connectivity index (χ2n) is 16.0. The van der Waals surface area contributed by atoms with Crippen molar-refractivity contribution in [2.75, 3.05) is 14.7 Å². The van der Waals surface area contributed by atoms with Crippen molar-refractivity contribution < 1.29 is 34.8 Å². The zero-order valence-corrected chi connectivity index (χ0v) is 37.8. The molecule has 0 saturated carbocycles. The predicted octanol–water partition coefficient (Wildman–Crippen LogP) is 15.4. The maximum atomic E-state index is 9.05. The van der Waals surface area contributed by atoms with Crippen LogP contribution < -0.4 is 14.7 Å². The molecule has 0 saturated heterocycles. The minimum atomic E-state index is -0.559. The fourth-order valence-corrected chi connectivity index (χ4v) is 9.03. The average molecular weight is 1030 g/mol. The molecule has 0 atom stereocenters. The van der Waals surface area contributed by atoms with Crippen LogP contribution in [0.3, 0.4) is 0 Å². The van der Waals surface area contributed by atoms with Gasteiger partial charge >= 0.3 is 0 Å². The van der Waals surface area contributed by atoms with Gasteiger partial charge in [0.05, 0.1) is 13.7 Å². The standard InChI is InChI=1S/C57H42N5S.Pt/c1-57(2,3)41-32-34-58-54(35-41)62-53-37-44(30-31-49(53)47-23-10-11-24-48(47)50-27-16-33-59-56(50)62)63-43-22-14-21-42(36-43)60-38-61(52-29-13-12-28-51(52)60)55-45(39-17-6-4-7-18-39)25-15-26-46(55)40-19-8-5-9-20-40;/h4-35,38H,1-3H3;/q-3;/i4D,5D,6D,7D,8D,9D,17D,18D,19D,20D;. The Hall–Kier alpha value is -6.72. The van der Waals surface area contributed by atoms with E-state index in [2.05, 4.69) is 74.2 Å². The number of benzene rings is 7. The Kier molecular flexibility index (Phi) is 8.33. The van der Waals surface area contributed by atoms with Gasteiger partial charge < -0.3 is 14.7 Å². The molecule has 7 heteroatoms. The zero-order chi connectivity index (χ0) is 51.2. The fraction of sp³-hybridized carbons (Fsp3) is 0.0702. The maximum Gasteiger partial charge on any atom is 0.144 e. The Bertz CT molecular complexity index is 3610. The molecule has 0 amide bonds. The second-order valence-corrected chi connectivity index (χ2v) is 17.1. The molecule has 2 aliphatic rings.